The molecule has 0 saturated heterocycles. The first-order valence-electron chi connectivity index (χ1n) is 8.69. The summed E-state index contributed by atoms with van der Waals surface area (Å²) in [7, 11) is 0. The second-order valence-corrected chi connectivity index (χ2v) is 6.23. The van der Waals surface area contributed by atoms with Gasteiger partial charge in [-0.2, -0.15) is 5.10 Å². The van der Waals surface area contributed by atoms with Gasteiger partial charge in [-0.1, -0.05) is 24.3 Å². The molecule has 0 saturated carbocycles. The van der Waals surface area contributed by atoms with E-state index >= 15 is 0 Å². The summed E-state index contributed by atoms with van der Waals surface area (Å²) in [6, 6.07) is 19.8. The van der Waals surface area contributed by atoms with E-state index < -0.39 is 11.8 Å². The lowest BCUT2D eigenvalue weighted by molar-refractivity contribution is 0.0844. The summed E-state index contributed by atoms with van der Waals surface area (Å²) in [5, 5.41) is 5.17. The molecule has 0 unspecified atom stereocenters. The van der Waals surface area contributed by atoms with Gasteiger partial charge in [-0.05, 0) is 49.4 Å². The van der Waals surface area contributed by atoms with Gasteiger partial charge >= 0.3 is 0 Å². The van der Waals surface area contributed by atoms with Gasteiger partial charge in [-0.15, -0.1) is 0 Å². The summed E-state index contributed by atoms with van der Waals surface area (Å²) in [5.74, 6) is -0.902. The van der Waals surface area contributed by atoms with E-state index in [1.165, 1.54) is 0 Å². The molecule has 28 heavy (non-hydrogen) atoms. The minimum Gasteiger partial charge on any atom is -0.267 e. The smallest absolute Gasteiger partial charge is 0.267 e. The van der Waals surface area contributed by atoms with Crippen LogP contribution in [0.25, 0.3) is 16.6 Å². The van der Waals surface area contributed by atoms with Crippen LogP contribution in [-0.2, 0) is 0 Å². The predicted octanol–water partition coefficient (Wildman–Crippen LogP) is 2.80. The first-order valence-corrected chi connectivity index (χ1v) is 8.69. The van der Waals surface area contributed by atoms with Crippen molar-refractivity contribution in [1.82, 2.24) is 25.6 Å². The highest BCUT2D eigenvalue weighted by molar-refractivity contribution is 5.99. The molecule has 2 heterocycles. The van der Waals surface area contributed by atoms with Crippen LogP contribution in [-0.4, -0.2) is 26.6 Å². The fourth-order valence-electron chi connectivity index (χ4n) is 2.84. The third-order valence-corrected chi connectivity index (χ3v) is 4.33. The first kappa shape index (κ1) is 17.4. The molecule has 0 aliphatic carbocycles. The van der Waals surface area contributed by atoms with E-state index in [4.69, 9.17) is 0 Å². The number of hydrazine groups is 1. The Bertz CT molecular complexity index is 1160. The SMILES string of the molecule is Cc1ccnn1-c1ccc(C(=O)NNC(=O)c2ccc3ccccc3n2)cc1. The molecule has 0 aliphatic heterocycles. The fraction of sp³-hybridized carbons (Fsp3) is 0.0476. The van der Waals surface area contributed by atoms with Crippen molar-refractivity contribution in [3.05, 3.63) is 89.9 Å². The molecule has 2 aromatic heterocycles. The van der Waals surface area contributed by atoms with E-state index in [0.717, 1.165) is 16.8 Å². The number of aromatic nitrogens is 3. The number of nitrogens with one attached hydrogen (secondary N) is 2. The lowest BCUT2D eigenvalue weighted by Crippen LogP contribution is -2.41. The summed E-state index contributed by atoms with van der Waals surface area (Å²) < 4.78 is 1.77. The van der Waals surface area contributed by atoms with Crippen LogP contribution >= 0.6 is 0 Å². The molecule has 0 spiro atoms. The van der Waals surface area contributed by atoms with Gasteiger partial charge in [-0.25, -0.2) is 9.67 Å². The van der Waals surface area contributed by atoms with Gasteiger partial charge in [0.1, 0.15) is 5.69 Å². The number of nitrogens with zero attached hydrogens (tertiary/aromatic N) is 3. The van der Waals surface area contributed by atoms with Crippen LogP contribution in [0.3, 0.4) is 0 Å². The zero-order chi connectivity index (χ0) is 19.5. The van der Waals surface area contributed by atoms with E-state index in [1.54, 1.807) is 41.2 Å². The maximum atomic E-state index is 12.3. The zero-order valence-electron chi connectivity index (χ0n) is 15.1. The normalized spacial score (nSPS) is 10.6. The second kappa shape index (κ2) is 7.32. The van der Waals surface area contributed by atoms with Crippen molar-refractivity contribution in [3.8, 4) is 5.69 Å². The number of hydrogen-bond donors (Lipinski definition) is 2. The molecule has 4 rings (SSSR count). The Hall–Kier alpha value is -4.00. The van der Waals surface area contributed by atoms with Gasteiger partial charge in [0, 0.05) is 22.8 Å². The predicted molar refractivity (Wildman–Crippen MR) is 105 cm³/mol. The fourth-order valence-corrected chi connectivity index (χ4v) is 2.84. The average Bonchev–Trinajstić information content (AvgIpc) is 3.17. The lowest BCUT2D eigenvalue weighted by atomic mass is 10.2. The molecule has 0 aliphatic rings. The number of hydrogen-bond acceptors (Lipinski definition) is 4. The number of aryl methyl sites for hydroxylation is 1. The summed E-state index contributed by atoms with van der Waals surface area (Å²) in [4.78, 5) is 28.9. The Labute approximate surface area is 161 Å². The molecule has 0 atom stereocenters. The first-order chi connectivity index (χ1) is 13.6. The highest BCUT2D eigenvalue weighted by atomic mass is 16.2. The molecule has 0 bridgehead atoms. The van der Waals surface area contributed by atoms with Gasteiger partial charge in [0.25, 0.3) is 11.8 Å². The molecule has 138 valence electrons. The van der Waals surface area contributed by atoms with Gasteiger partial charge in [0.05, 0.1) is 11.2 Å². The van der Waals surface area contributed by atoms with E-state index in [2.05, 4.69) is 20.9 Å². The van der Waals surface area contributed by atoms with Crippen LogP contribution in [0.1, 0.15) is 26.5 Å². The van der Waals surface area contributed by atoms with Crippen LogP contribution in [0.5, 0.6) is 0 Å². The maximum absolute atomic E-state index is 12.3. The van der Waals surface area contributed by atoms with Crippen molar-refractivity contribution in [1.29, 1.82) is 0 Å². The Morgan fingerprint density at radius 3 is 2.36 bits per heavy atom. The molecule has 2 aromatic carbocycles. The topological polar surface area (TPSA) is 88.9 Å². The largest absolute Gasteiger partial charge is 0.288 e. The molecule has 0 radical (unpaired) electrons. The van der Waals surface area contributed by atoms with Crippen LogP contribution < -0.4 is 10.9 Å². The summed E-state index contributed by atoms with van der Waals surface area (Å²) in [5.41, 5.74) is 8.00. The Balaban J connectivity index is 1.42. The Morgan fingerprint density at radius 2 is 1.61 bits per heavy atom. The van der Waals surface area contributed by atoms with Crippen molar-refractivity contribution < 1.29 is 9.59 Å². The number of benzene rings is 2. The van der Waals surface area contributed by atoms with E-state index in [0.29, 0.717) is 11.1 Å². The highest BCUT2D eigenvalue weighted by Crippen LogP contribution is 2.12. The third kappa shape index (κ3) is 3.45. The quantitative estimate of drug-likeness (QED) is 0.542. The zero-order valence-corrected chi connectivity index (χ0v) is 15.1. The van der Waals surface area contributed by atoms with Gasteiger partial charge in [-0.3, -0.25) is 20.4 Å². The number of carbonyl (C=O) groups excluding carboxylic acids is 2. The molecular formula is C21H17N5O2. The van der Waals surface area contributed by atoms with Crippen molar-refractivity contribution >= 4 is 22.7 Å². The number of rotatable bonds is 3. The van der Waals surface area contributed by atoms with E-state index in [-0.39, 0.29) is 5.69 Å². The number of fused-ring (bicyclic) bond motifs is 1. The Morgan fingerprint density at radius 1 is 0.857 bits per heavy atom. The van der Waals surface area contributed by atoms with Crippen molar-refractivity contribution in [2.24, 2.45) is 0 Å². The third-order valence-electron chi connectivity index (χ3n) is 4.33. The van der Waals surface area contributed by atoms with Gasteiger partial charge in [0.15, 0.2) is 0 Å². The summed E-state index contributed by atoms with van der Waals surface area (Å²) in [6.07, 6.45) is 1.71. The minimum atomic E-state index is -0.483. The molecule has 4 aromatic rings. The van der Waals surface area contributed by atoms with Gasteiger partial charge < -0.3 is 0 Å². The number of amides is 2. The minimum absolute atomic E-state index is 0.225. The molecule has 7 heteroatoms. The van der Waals surface area contributed by atoms with Gasteiger partial charge in [0.2, 0.25) is 0 Å². The van der Waals surface area contributed by atoms with Crippen LogP contribution in [0.2, 0.25) is 0 Å². The monoisotopic (exact) mass is 371 g/mol. The van der Waals surface area contributed by atoms with Crippen LogP contribution in [0, 0.1) is 6.92 Å². The molecule has 7 nitrogen and oxygen atoms in total. The number of pyridine rings is 1. The van der Waals surface area contributed by atoms with E-state index in [9.17, 15) is 9.59 Å². The molecule has 2 amide bonds. The Kier molecular flexibility index (Phi) is 4.55. The molecule has 2 N–H and O–H groups in total. The van der Waals surface area contributed by atoms with E-state index in [1.807, 2.05) is 43.3 Å². The van der Waals surface area contributed by atoms with Crippen molar-refractivity contribution in [2.45, 2.75) is 6.92 Å². The van der Waals surface area contributed by atoms with Crippen LogP contribution in [0.4, 0.5) is 0 Å². The molecule has 0 fully saturated rings. The number of para-hydroxylation sites is 1. The standard InChI is InChI=1S/C21H17N5O2/c1-14-12-13-22-26(14)17-9-6-16(7-10-17)20(27)24-25-21(28)19-11-8-15-4-2-3-5-18(15)23-19/h2-13H,1H3,(H,24,27)(H,25,28). The number of carbonyl (C=O) groups is 2. The van der Waals surface area contributed by atoms with Crippen LogP contribution in [0.15, 0.2) is 72.9 Å². The summed E-state index contributed by atoms with van der Waals surface area (Å²) in [6.45, 7) is 1.95. The van der Waals surface area contributed by atoms with Crippen molar-refractivity contribution in [2.75, 3.05) is 0 Å². The van der Waals surface area contributed by atoms with Crippen molar-refractivity contribution in [3.63, 3.8) is 0 Å². The summed E-state index contributed by atoms with van der Waals surface area (Å²) >= 11 is 0. The maximum Gasteiger partial charge on any atom is 0.288 e. The second-order valence-electron chi connectivity index (χ2n) is 6.23. The highest BCUT2D eigenvalue weighted by Gasteiger charge is 2.11. The molecular weight excluding hydrogens is 354 g/mol. The average molecular weight is 371 g/mol. The lowest BCUT2D eigenvalue weighted by Gasteiger charge is -2.09.